The number of esters is 3. The fourth-order valence-electron chi connectivity index (χ4n) is 4.45. The standard InChI is InChI=1S/C30H41NO6/c1-6-9-10-11-12-15-20-37-25(32)19-18-23-16-13-14-17-24(23)28-26(29(33)35-7-2)21(4)31-22(5)27(28)30(34)36-8-3/h13-14,16-19,28,31H,6-12,15,20H2,1-5H3/b19-18+. The molecule has 1 N–H and O–H groups in total. The number of ether oxygens (including phenoxy) is 3. The van der Waals surface area contributed by atoms with E-state index in [2.05, 4.69) is 12.2 Å². The molecule has 0 fully saturated rings. The molecular formula is C30H41NO6. The van der Waals surface area contributed by atoms with Crippen molar-refractivity contribution in [2.24, 2.45) is 0 Å². The van der Waals surface area contributed by atoms with Crippen molar-refractivity contribution in [1.29, 1.82) is 0 Å². The van der Waals surface area contributed by atoms with E-state index in [9.17, 15) is 14.4 Å². The molecule has 1 aliphatic heterocycles. The van der Waals surface area contributed by atoms with Gasteiger partial charge in [0.05, 0.1) is 36.9 Å². The number of allylic oxidation sites excluding steroid dienone is 2. The predicted octanol–water partition coefficient (Wildman–Crippen LogP) is 5.96. The molecule has 0 saturated carbocycles. The summed E-state index contributed by atoms with van der Waals surface area (Å²) in [7, 11) is 0. The van der Waals surface area contributed by atoms with Crippen molar-refractivity contribution in [1.82, 2.24) is 5.32 Å². The molecule has 0 aliphatic carbocycles. The Labute approximate surface area is 220 Å². The number of rotatable bonds is 14. The van der Waals surface area contributed by atoms with Gasteiger partial charge in [-0.1, -0.05) is 63.3 Å². The average Bonchev–Trinajstić information content (AvgIpc) is 2.86. The van der Waals surface area contributed by atoms with E-state index in [0.717, 1.165) is 19.3 Å². The molecule has 7 nitrogen and oxygen atoms in total. The molecule has 0 atom stereocenters. The Morgan fingerprint density at radius 2 is 1.38 bits per heavy atom. The first-order valence-corrected chi connectivity index (χ1v) is 13.3. The lowest BCUT2D eigenvalue weighted by Crippen LogP contribution is -2.32. The number of carbonyl (C=O) groups excluding carboxylic acids is 3. The summed E-state index contributed by atoms with van der Waals surface area (Å²) in [5.74, 6) is -2.17. The number of carbonyl (C=O) groups is 3. The Kier molecular flexibility index (Phi) is 12.7. The van der Waals surface area contributed by atoms with Crippen LogP contribution in [0.25, 0.3) is 6.08 Å². The van der Waals surface area contributed by atoms with Crippen LogP contribution in [0.4, 0.5) is 0 Å². The molecular weight excluding hydrogens is 470 g/mol. The Morgan fingerprint density at radius 3 is 1.97 bits per heavy atom. The van der Waals surface area contributed by atoms with E-state index < -0.39 is 23.8 Å². The van der Waals surface area contributed by atoms with Gasteiger partial charge >= 0.3 is 17.9 Å². The Hall–Kier alpha value is -3.35. The summed E-state index contributed by atoms with van der Waals surface area (Å²) in [6, 6.07) is 7.36. The van der Waals surface area contributed by atoms with Gasteiger partial charge in [0.2, 0.25) is 0 Å². The van der Waals surface area contributed by atoms with E-state index in [1.165, 1.54) is 25.3 Å². The first kappa shape index (κ1) is 29.9. The van der Waals surface area contributed by atoms with Crippen molar-refractivity contribution in [3.63, 3.8) is 0 Å². The maximum atomic E-state index is 13.0. The Balaban J connectivity index is 2.32. The molecule has 1 aromatic rings. The van der Waals surface area contributed by atoms with Crippen LogP contribution < -0.4 is 5.32 Å². The highest BCUT2D eigenvalue weighted by Crippen LogP contribution is 2.40. The van der Waals surface area contributed by atoms with Crippen molar-refractivity contribution < 1.29 is 28.6 Å². The normalized spacial score (nSPS) is 14.1. The second-order valence-electron chi connectivity index (χ2n) is 8.97. The number of hydrogen-bond acceptors (Lipinski definition) is 7. The van der Waals surface area contributed by atoms with Gasteiger partial charge in [-0.05, 0) is 51.3 Å². The van der Waals surface area contributed by atoms with Crippen molar-refractivity contribution in [2.45, 2.75) is 79.1 Å². The smallest absolute Gasteiger partial charge is 0.336 e. The van der Waals surface area contributed by atoms with E-state index in [4.69, 9.17) is 14.2 Å². The van der Waals surface area contributed by atoms with Crippen molar-refractivity contribution >= 4 is 24.0 Å². The van der Waals surface area contributed by atoms with Crippen LogP contribution in [0.15, 0.2) is 52.9 Å². The molecule has 0 radical (unpaired) electrons. The van der Waals surface area contributed by atoms with Crippen LogP contribution in [0.2, 0.25) is 0 Å². The second-order valence-corrected chi connectivity index (χ2v) is 8.97. The minimum atomic E-state index is -0.723. The topological polar surface area (TPSA) is 90.9 Å². The zero-order chi connectivity index (χ0) is 27.2. The van der Waals surface area contributed by atoms with Crippen LogP contribution in [0, 0.1) is 0 Å². The van der Waals surface area contributed by atoms with E-state index in [-0.39, 0.29) is 13.2 Å². The van der Waals surface area contributed by atoms with Crippen molar-refractivity contribution in [2.75, 3.05) is 19.8 Å². The predicted molar refractivity (Wildman–Crippen MR) is 144 cm³/mol. The molecule has 1 aromatic carbocycles. The number of benzene rings is 1. The number of nitrogens with one attached hydrogen (secondary N) is 1. The van der Waals surface area contributed by atoms with Crippen LogP contribution in [-0.2, 0) is 28.6 Å². The number of unbranched alkanes of at least 4 members (excludes halogenated alkanes) is 5. The SMILES string of the molecule is CCCCCCCCOC(=O)/C=C/c1ccccc1C1C(C(=O)OCC)=C(C)NC(C)=C1C(=O)OCC. The summed E-state index contributed by atoms with van der Waals surface area (Å²) in [4.78, 5) is 38.5. The van der Waals surface area contributed by atoms with E-state index in [1.807, 2.05) is 24.3 Å². The molecule has 0 saturated heterocycles. The average molecular weight is 512 g/mol. The van der Waals surface area contributed by atoms with Crippen molar-refractivity contribution in [3.05, 3.63) is 64.0 Å². The summed E-state index contributed by atoms with van der Waals surface area (Å²) < 4.78 is 16.1. The summed E-state index contributed by atoms with van der Waals surface area (Å²) in [6.45, 7) is 10.00. The summed E-state index contributed by atoms with van der Waals surface area (Å²) in [5, 5.41) is 3.14. The van der Waals surface area contributed by atoms with Gasteiger partial charge in [-0.25, -0.2) is 14.4 Å². The third kappa shape index (κ3) is 8.62. The maximum absolute atomic E-state index is 13.0. The van der Waals surface area contributed by atoms with Crippen LogP contribution in [-0.4, -0.2) is 37.7 Å². The van der Waals surface area contributed by atoms with Crippen molar-refractivity contribution in [3.8, 4) is 0 Å². The minimum Gasteiger partial charge on any atom is -0.463 e. The van der Waals surface area contributed by atoms with E-state index in [1.54, 1.807) is 33.8 Å². The van der Waals surface area contributed by atoms with Gasteiger partial charge in [-0.3, -0.25) is 0 Å². The van der Waals surface area contributed by atoms with E-state index in [0.29, 0.717) is 40.3 Å². The fourth-order valence-corrected chi connectivity index (χ4v) is 4.45. The monoisotopic (exact) mass is 511 g/mol. The molecule has 37 heavy (non-hydrogen) atoms. The molecule has 202 valence electrons. The second kappa shape index (κ2) is 15.7. The first-order valence-electron chi connectivity index (χ1n) is 13.3. The molecule has 0 unspecified atom stereocenters. The maximum Gasteiger partial charge on any atom is 0.336 e. The van der Waals surface area contributed by atoms with Crippen LogP contribution in [0.3, 0.4) is 0 Å². The minimum absolute atomic E-state index is 0.200. The zero-order valence-electron chi connectivity index (χ0n) is 22.9. The van der Waals surface area contributed by atoms with Gasteiger partial charge in [-0.2, -0.15) is 0 Å². The third-order valence-electron chi connectivity index (χ3n) is 6.20. The van der Waals surface area contributed by atoms with Crippen LogP contribution in [0.1, 0.15) is 90.2 Å². The largest absolute Gasteiger partial charge is 0.463 e. The van der Waals surface area contributed by atoms with E-state index >= 15 is 0 Å². The first-order chi connectivity index (χ1) is 17.8. The van der Waals surface area contributed by atoms with Gasteiger partial charge in [-0.15, -0.1) is 0 Å². The van der Waals surface area contributed by atoms with Gasteiger partial charge in [0.1, 0.15) is 0 Å². The number of hydrogen-bond donors (Lipinski definition) is 1. The lowest BCUT2D eigenvalue weighted by Gasteiger charge is -2.31. The quantitative estimate of drug-likeness (QED) is 0.142. The highest BCUT2D eigenvalue weighted by Gasteiger charge is 2.38. The molecule has 0 bridgehead atoms. The molecule has 1 heterocycles. The number of dihydropyridines is 1. The lowest BCUT2D eigenvalue weighted by atomic mass is 9.78. The molecule has 7 heteroatoms. The Bertz CT molecular complexity index is 996. The van der Waals surface area contributed by atoms with Gasteiger partial charge in [0.15, 0.2) is 0 Å². The molecule has 2 rings (SSSR count). The summed E-state index contributed by atoms with van der Waals surface area (Å²) in [5.41, 5.74) is 3.25. The van der Waals surface area contributed by atoms with Gasteiger partial charge in [0.25, 0.3) is 0 Å². The highest BCUT2D eigenvalue weighted by atomic mass is 16.5. The Morgan fingerprint density at radius 1 is 0.811 bits per heavy atom. The van der Waals surface area contributed by atoms with Gasteiger partial charge in [0, 0.05) is 17.5 Å². The zero-order valence-corrected chi connectivity index (χ0v) is 22.9. The van der Waals surface area contributed by atoms with Crippen LogP contribution in [0.5, 0.6) is 0 Å². The summed E-state index contributed by atoms with van der Waals surface area (Å²) >= 11 is 0. The molecule has 1 aliphatic rings. The molecule has 0 amide bonds. The lowest BCUT2D eigenvalue weighted by molar-refractivity contribution is -0.140. The van der Waals surface area contributed by atoms with Crippen LogP contribution >= 0.6 is 0 Å². The van der Waals surface area contributed by atoms with Gasteiger partial charge < -0.3 is 19.5 Å². The third-order valence-corrected chi connectivity index (χ3v) is 6.20. The summed E-state index contributed by atoms with van der Waals surface area (Å²) in [6.07, 6.45) is 9.73. The molecule has 0 aromatic heterocycles. The molecule has 0 spiro atoms. The highest BCUT2D eigenvalue weighted by molar-refractivity contribution is 6.00. The fraction of sp³-hybridized carbons (Fsp3) is 0.500.